The Labute approximate surface area is 173 Å². The molecule has 5 nitrogen and oxygen atoms in total. The third-order valence-electron chi connectivity index (χ3n) is 5.59. The van der Waals surface area contributed by atoms with Crippen LogP contribution in [0.25, 0.3) is 0 Å². The molecular weight excluding hydrogens is 383 g/mol. The Hall–Kier alpha value is -1.56. The van der Waals surface area contributed by atoms with Gasteiger partial charge in [-0.3, -0.25) is 4.79 Å². The van der Waals surface area contributed by atoms with Gasteiger partial charge >= 0.3 is 0 Å². The van der Waals surface area contributed by atoms with E-state index in [1.807, 2.05) is 17.1 Å². The van der Waals surface area contributed by atoms with Crippen LogP contribution in [0.5, 0.6) is 0 Å². The highest BCUT2D eigenvalue weighted by atomic mass is 35.5. The topological polar surface area (TPSA) is 59.0 Å². The Bertz CT molecular complexity index is 691. The summed E-state index contributed by atoms with van der Waals surface area (Å²) in [5.74, 6) is 0.851. The number of imidazole rings is 1. The van der Waals surface area contributed by atoms with Crippen LogP contribution < -0.4 is 10.6 Å². The monoisotopic (exact) mass is 410 g/mol. The lowest BCUT2D eigenvalue weighted by Gasteiger charge is -2.24. The number of carbonyl (C=O) groups excluding carboxylic acids is 1. The average Bonchev–Trinajstić information content (AvgIpc) is 3.30. The van der Waals surface area contributed by atoms with Gasteiger partial charge in [-0.15, -0.1) is 24.8 Å². The summed E-state index contributed by atoms with van der Waals surface area (Å²) in [6, 6.07) is 8.97. The van der Waals surface area contributed by atoms with Crippen LogP contribution in [0.2, 0.25) is 0 Å². The third-order valence-corrected chi connectivity index (χ3v) is 5.59. The molecule has 2 fully saturated rings. The fourth-order valence-corrected chi connectivity index (χ4v) is 4.19. The fraction of sp³-hybridized carbons (Fsp3) is 0.500. The zero-order chi connectivity index (χ0) is 17.1. The van der Waals surface area contributed by atoms with E-state index in [0.717, 1.165) is 18.5 Å². The van der Waals surface area contributed by atoms with Gasteiger partial charge in [0.1, 0.15) is 0 Å². The van der Waals surface area contributed by atoms with Crippen LogP contribution >= 0.6 is 24.8 Å². The average molecular weight is 411 g/mol. The highest BCUT2D eigenvalue weighted by Crippen LogP contribution is 2.33. The summed E-state index contributed by atoms with van der Waals surface area (Å²) in [4.78, 5) is 16.5. The fourth-order valence-electron chi connectivity index (χ4n) is 4.19. The van der Waals surface area contributed by atoms with Crippen LogP contribution in [0.1, 0.15) is 43.2 Å². The third kappa shape index (κ3) is 5.47. The minimum atomic E-state index is -0.00591. The van der Waals surface area contributed by atoms with Gasteiger partial charge in [-0.25, -0.2) is 4.98 Å². The van der Waals surface area contributed by atoms with Crippen molar-refractivity contribution in [2.75, 3.05) is 0 Å². The van der Waals surface area contributed by atoms with E-state index in [-0.39, 0.29) is 36.8 Å². The van der Waals surface area contributed by atoms with Crippen molar-refractivity contribution >= 4 is 30.7 Å². The van der Waals surface area contributed by atoms with Crippen LogP contribution in [0.4, 0.5) is 0 Å². The van der Waals surface area contributed by atoms with Gasteiger partial charge in [0, 0.05) is 31.5 Å². The minimum absolute atomic E-state index is 0. The van der Waals surface area contributed by atoms with Crippen molar-refractivity contribution in [2.24, 2.45) is 5.92 Å². The normalized spacial score (nSPS) is 23.6. The number of benzene rings is 1. The summed E-state index contributed by atoms with van der Waals surface area (Å²) >= 11 is 0. The first-order chi connectivity index (χ1) is 12.3. The second-order valence-electron chi connectivity index (χ2n) is 7.38. The Morgan fingerprint density at radius 3 is 2.59 bits per heavy atom. The molecule has 2 aromatic rings. The van der Waals surface area contributed by atoms with Gasteiger partial charge in [-0.05, 0) is 36.3 Å². The number of aromatic nitrogens is 2. The molecule has 1 aliphatic carbocycles. The molecule has 2 heterocycles. The molecule has 1 amide bonds. The number of carbonyl (C=O) groups is 1. The lowest BCUT2D eigenvalue weighted by molar-refractivity contribution is -0.123. The summed E-state index contributed by atoms with van der Waals surface area (Å²) in [7, 11) is 0. The minimum Gasteiger partial charge on any atom is -0.351 e. The quantitative estimate of drug-likeness (QED) is 0.794. The predicted molar refractivity (Wildman–Crippen MR) is 111 cm³/mol. The van der Waals surface area contributed by atoms with E-state index < -0.39 is 0 Å². The maximum absolute atomic E-state index is 12.5. The SMILES string of the molecule is Cl.Cl.O=C(NCc1ccc(Cn2ccnc2)cc1)C1CC2CCCCC2N1. The Morgan fingerprint density at radius 2 is 1.89 bits per heavy atom. The molecule has 0 bridgehead atoms. The number of nitrogens with zero attached hydrogens (tertiary/aromatic N) is 2. The Balaban J connectivity index is 0.00000131. The molecule has 4 rings (SSSR count). The molecule has 3 atom stereocenters. The van der Waals surface area contributed by atoms with E-state index >= 15 is 0 Å². The first kappa shape index (κ1) is 21.7. The van der Waals surface area contributed by atoms with Crippen molar-refractivity contribution in [1.29, 1.82) is 0 Å². The number of rotatable bonds is 5. The Morgan fingerprint density at radius 1 is 1.15 bits per heavy atom. The molecule has 7 heteroatoms. The molecule has 2 N–H and O–H groups in total. The van der Waals surface area contributed by atoms with Crippen molar-refractivity contribution < 1.29 is 4.79 Å². The van der Waals surface area contributed by atoms with Gasteiger partial charge in [0.05, 0.1) is 12.4 Å². The van der Waals surface area contributed by atoms with Gasteiger partial charge in [-0.1, -0.05) is 37.1 Å². The highest BCUT2D eigenvalue weighted by Gasteiger charge is 2.37. The molecule has 1 saturated carbocycles. The van der Waals surface area contributed by atoms with E-state index in [1.165, 1.54) is 31.2 Å². The van der Waals surface area contributed by atoms with Gasteiger partial charge in [0.15, 0.2) is 0 Å². The molecule has 1 aromatic heterocycles. The number of halogens is 2. The molecular formula is C20H28Cl2N4O. The lowest BCUT2D eigenvalue weighted by atomic mass is 9.85. The largest absolute Gasteiger partial charge is 0.351 e. The molecule has 0 spiro atoms. The summed E-state index contributed by atoms with van der Waals surface area (Å²) in [5, 5.41) is 6.64. The van der Waals surface area contributed by atoms with Crippen LogP contribution in [0.3, 0.4) is 0 Å². The number of nitrogens with one attached hydrogen (secondary N) is 2. The standard InChI is InChI=1S/C20H26N4O.2ClH/c25-20(19-11-17-3-1-2-4-18(17)23-19)22-12-15-5-7-16(8-6-15)13-24-10-9-21-14-24;;/h5-10,14,17-19,23H,1-4,11-13H2,(H,22,25);2*1H. The molecule has 27 heavy (non-hydrogen) atoms. The first-order valence-electron chi connectivity index (χ1n) is 9.35. The molecule has 3 unspecified atom stereocenters. The van der Waals surface area contributed by atoms with E-state index in [0.29, 0.717) is 18.5 Å². The van der Waals surface area contributed by atoms with Crippen molar-refractivity contribution in [2.45, 2.75) is 57.3 Å². The van der Waals surface area contributed by atoms with Crippen molar-refractivity contribution in [1.82, 2.24) is 20.2 Å². The lowest BCUT2D eigenvalue weighted by Crippen LogP contribution is -2.42. The number of hydrogen-bond acceptors (Lipinski definition) is 3. The highest BCUT2D eigenvalue weighted by molar-refractivity contribution is 5.85. The number of amides is 1. The van der Waals surface area contributed by atoms with E-state index in [2.05, 4.69) is 39.9 Å². The van der Waals surface area contributed by atoms with Gasteiger partial charge in [-0.2, -0.15) is 0 Å². The molecule has 1 saturated heterocycles. The van der Waals surface area contributed by atoms with Gasteiger partial charge in [0.25, 0.3) is 0 Å². The molecule has 2 aliphatic rings. The molecule has 1 aliphatic heterocycles. The van der Waals surface area contributed by atoms with Gasteiger partial charge in [0.2, 0.25) is 5.91 Å². The second-order valence-corrected chi connectivity index (χ2v) is 7.38. The summed E-state index contributed by atoms with van der Waals surface area (Å²) < 4.78 is 2.04. The maximum Gasteiger partial charge on any atom is 0.237 e. The number of hydrogen-bond donors (Lipinski definition) is 2. The van der Waals surface area contributed by atoms with E-state index in [1.54, 1.807) is 6.20 Å². The smallest absolute Gasteiger partial charge is 0.237 e. The molecule has 0 radical (unpaired) electrons. The van der Waals surface area contributed by atoms with Crippen molar-refractivity contribution in [3.05, 3.63) is 54.1 Å². The van der Waals surface area contributed by atoms with Crippen molar-refractivity contribution in [3.8, 4) is 0 Å². The molecule has 148 valence electrons. The van der Waals surface area contributed by atoms with Crippen LogP contribution in [-0.2, 0) is 17.9 Å². The van der Waals surface area contributed by atoms with Crippen molar-refractivity contribution in [3.63, 3.8) is 0 Å². The predicted octanol–water partition coefficient (Wildman–Crippen LogP) is 3.31. The maximum atomic E-state index is 12.5. The second kappa shape index (κ2) is 10.1. The number of fused-ring (bicyclic) bond motifs is 1. The summed E-state index contributed by atoms with van der Waals surface area (Å²) in [6.07, 6.45) is 11.7. The van der Waals surface area contributed by atoms with Crippen LogP contribution in [-0.4, -0.2) is 27.5 Å². The zero-order valence-electron chi connectivity index (χ0n) is 15.3. The molecule has 1 aromatic carbocycles. The Kier molecular flexibility index (Phi) is 8.14. The summed E-state index contributed by atoms with van der Waals surface area (Å²) in [6.45, 7) is 1.42. The van der Waals surface area contributed by atoms with E-state index in [4.69, 9.17) is 0 Å². The summed E-state index contributed by atoms with van der Waals surface area (Å²) in [5.41, 5.74) is 2.37. The van der Waals surface area contributed by atoms with Crippen LogP contribution in [0, 0.1) is 5.92 Å². The first-order valence-corrected chi connectivity index (χ1v) is 9.35. The van der Waals surface area contributed by atoms with Gasteiger partial charge < -0.3 is 15.2 Å². The van der Waals surface area contributed by atoms with E-state index in [9.17, 15) is 4.79 Å². The zero-order valence-corrected chi connectivity index (χ0v) is 17.0. The van der Waals surface area contributed by atoms with Crippen LogP contribution in [0.15, 0.2) is 43.0 Å².